The standard InChI is InChI=1S/C64H106O13/c1-8-10-12-14-16-18-20-22-24-26-28-30-35-39-57(66)73-47-53(48-74-58(67)40-36-31-29-27-25-23-21-19-17-15-13-11-9-2)76-60(69)46-51(4)38-34-32-33-37-41-59(68)77-63-54(44-42-50(3)43-45-56(65)71-6)62(72-7)52(5)55-49-75-64(70)61(55)63/h42,51,53H,8-41,43-49H2,1-7H3. The number of rotatable bonds is 49. The van der Waals surface area contributed by atoms with Gasteiger partial charge in [-0.1, -0.05) is 212 Å². The molecular formula is C64H106O13. The Morgan fingerprint density at radius 2 is 0.987 bits per heavy atom. The van der Waals surface area contributed by atoms with Crippen molar-refractivity contribution >= 4 is 35.8 Å². The summed E-state index contributed by atoms with van der Waals surface area (Å²) in [6, 6.07) is 0. The predicted octanol–water partition coefficient (Wildman–Crippen LogP) is 16.3. The summed E-state index contributed by atoms with van der Waals surface area (Å²) in [5.41, 5.74) is 3.13. The van der Waals surface area contributed by atoms with E-state index in [2.05, 4.69) is 13.8 Å². The molecule has 1 aliphatic heterocycles. The second-order valence-corrected chi connectivity index (χ2v) is 21.9. The Morgan fingerprint density at radius 3 is 1.44 bits per heavy atom. The predicted molar refractivity (Wildman–Crippen MR) is 305 cm³/mol. The highest BCUT2D eigenvalue weighted by Gasteiger charge is 2.34. The Morgan fingerprint density at radius 1 is 0.545 bits per heavy atom. The van der Waals surface area contributed by atoms with E-state index in [1.165, 1.54) is 143 Å². The zero-order valence-electron chi connectivity index (χ0n) is 49.5. The van der Waals surface area contributed by atoms with Gasteiger partial charge < -0.3 is 33.2 Å². The average Bonchev–Trinajstić information content (AvgIpc) is 3.85. The van der Waals surface area contributed by atoms with Gasteiger partial charge in [-0.15, -0.1) is 0 Å². The summed E-state index contributed by atoms with van der Waals surface area (Å²) in [5.74, 6) is -1.74. The minimum absolute atomic E-state index is 0.0132. The summed E-state index contributed by atoms with van der Waals surface area (Å²) in [5, 5.41) is 0. The number of fused-ring (bicyclic) bond motifs is 1. The first-order chi connectivity index (χ1) is 37.3. The highest BCUT2D eigenvalue weighted by Crippen LogP contribution is 2.43. The van der Waals surface area contributed by atoms with E-state index in [9.17, 15) is 28.8 Å². The zero-order valence-corrected chi connectivity index (χ0v) is 49.5. The number of esters is 6. The summed E-state index contributed by atoms with van der Waals surface area (Å²) >= 11 is 0. The van der Waals surface area contributed by atoms with Gasteiger partial charge in [0.2, 0.25) is 0 Å². The number of methoxy groups -OCH3 is 2. The van der Waals surface area contributed by atoms with Gasteiger partial charge >= 0.3 is 35.8 Å². The maximum Gasteiger partial charge on any atom is 0.342 e. The van der Waals surface area contributed by atoms with Gasteiger partial charge in [0.15, 0.2) is 11.9 Å². The molecule has 0 N–H and O–H groups in total. The molecule has 0 bridgehead atoms. The molecule has 1 atom stereocenters. The van der Waals surface area contributed by atoms with Crippen molar-refractivity contribution in [3.05, 3.63) is 33.9 Å². The third-order valence-corrected chi connectivity index (χ3v) is 14.9. The number of benzene rings is 1. The third kappa shape index (κ3) is 32.3. The van der Waals surface area contributed by atoms with Crippen LogP contribution in [0.25, 0.3) is 0 Å². The Balaban J connectivity index is 1.82. The fourth-order valence-corrected chi connectivity index (χ4v) is 10.0. The molecule has 0 aromatic heterocycles. The van der Waals surface area contributed by atoms with Crippen molar-refractivity contribution < 1.29 is 61.9 Å². The fourth-order valence-electron chi connectivity index (χ4n) is 10.0. The maximum atomic E-state index is 13.3. The Bertz CT molecular complexity index is 1810. The number of carbonyl (C=O) groups is 6. The SMILES string of the molecule is CCCCCCCCCCCCCCCC(=O)OCC(COC(=O)CCCCCCCCCCCCCCC)OC(=O)CC(C)CCCCCCC(=O)Oc1c(CC=C(C)CCC(=O)OC)c(OC)c(C)c2c1C(=O)OC2. The monoisotopic (exact) mass is 1080 g/mol. The van der Waals surface area contributed by atoms with Gasteiger partial charge in [-0.05, 0) is 57.4 Å². The van der Waals surface area contributed by atoms with Crippen LogP contribution in [0.2, 0.25) is 0 Å². The summed E-state index contributed by atoms with van der Waals surface area (Å²) in [4.78, 5) is 76.8. The quantitative estimate of drug-likeness (QED) is 0.0199. The number of hydrogen-bond acceptors (Lipinski definition) is 13. The second-order valence-electron chi connectivity index (χ2n) is 21.9. The Labute approximate surface area is 466 Å². The lowest BCUT2D eigenvalue weighted by Gasteiger charge is -2.19. The molecule has 1 aromatic carbocycles. The molecular weight excluding hydrogens is 977 g/mol. The summed E-state index contributed by atoms with van der Waals surface area (Å²) < 4.78 is 38.9. The van der Waals surface area contributed by atoms with E-state index < -0.39 is 24.0 Å². The number of ether oxygens (including phenoxy) is 7. The van der Waals surface area contributed by atoms with Crippen LogP contribution in [-0.4, -0.2) is 69.4 Å². The minimum atomic E-state index is -0.886. The van der Waals surface area contributed by atoms with Gasteiger partial charge in [-0.25, -0.2) is 4.79 Å². The van der Waals surface area contributed by atoms with E-state index in [0.29, 0.717) is 49.0 Å². The smallest absolute Gasteiger partial charge is 0.342 e. The molecule has 77 heavy (non-hydrogen) atoms. The van der Waals surface area contributed by atoms with E-state index >= 15 is 0 Å². The van der Waals surface area contributed by atoms with Gasteiger partial charge in [0.25, 0.3) is 0 Å². The molecule has 0 radical (unpaired) electrons. The van der Waals surface area contributed by atoms with E-state index in [4.69, 9.17) is 33.2 Å². The summed E-state index contributed by atoms with van der Waals surface area (Å²) in [6.07, 6.45) is 38.5. The number of allylic oxidation sites excluding steroid dienone is 2. The summed E-state index contributed by atoms with van der Waals surface area (Å²) in [6.45, 7) is 10.00. The van der Waals surface area contributed by atoms with Crippen molar-refractivity contribution in [1.82, 2.24) is 0 Å². The number of unbranched alkanes of at least 4 members (excludes halogenated alkanes) is 27. The topological polar surface area (TPSA) is 167 Å². The van der Waals surface area contributed by atoms with Crippen LogP contribution in [0.4, 0.5) is 0 Å². The van der Waals surface area contributed by atoms with Crippen LogP contribution < -0.4 is 9.47 Å². The van der Waals surface area contributed by atoms with Gasteiger partial charge in [0.05, 0.1) is 14.2 Å². The first kappa shape index (κ1) is 68.7. The van der Waals surface area contributed by atoms with Gasteiger partial charge in [-0.2, -0.15) is 0 Å². The van der Waals surface area contributed by atoms with Crippen LogP contribution in [0.5, 0.6) is 11.5 Å². The molecule has 1 aliphatic rings. The van der Waals surface area contributed by atoms with Gasteiger partial charge in [0, 0.05) is 43.2 Å². The van der Waals surface area contributed by atoms with Crippen LogP contribution in [0.3, 0.4) is 0 Å². The van der Waals surface area contributed by atoms with E-state index in [0.717, 1.165) is 75.3 Å². The molecule has 1 aromatic rings. The lowest BCUT2D eigenvalue weighted by molar-refractivity contribution is -0.167. The normalized spacial score (nSPS) is 12.6. The molecule has 0 saturated carbocycles. The Kier molecular flexibility index (Phi) is 39.6. The van der Waals surface area contributed by atoms with E-state index in [-0.39, 0.29) is 74.2 Å². The molecule has 0 fully saturated rings. The van der Waals surface area contributed by atoms with Crippen molar-refractivity contribution in [3.8, 4) is 11.5 Å². The average molecular weight is 1080 g/mol. The molecule has 2 rings (SSSR count). The molecule has 0 saturated heterocycles. The molecule has 0 aliphatic carbocycles. The second kappa shape index (κ2) is 44.4. The number of carbonyl (C=O) groups excluding carboxylic acids is 6. The molecule has 1 unspecified atom stereocenters. The molecule has 440 valence electrons. The van der Waals surface area contributed by atoms with Gasteiger partial charge in [-0.3, -0.25) is 24.0 Å². The first-order valence-electron chi connectivity index (χ1n) is 30.7. The van der Waals surface area contributed by atoms with Crippen LogP contribution in [-0.2, 0) is 60.7 Å². The molecule has 0 amide bonds. The maximum absolute atomic E-state index is 13.3. The zero-order chi connectivity index (χ0) is 56.3. The summed E-state index contributed by atoms with van der Waals surface area (Å²) in [7, 11) is 2.89. The highest BCUT2D eigenvalue weighted by molar-refractivity contribution is 5.99. The van der Waals surface area contributed by atoms with Crippen molar-refractivity contribution in [2.75, 3.05) is 27.4 Å². The van der Waals surface area contributed by atoms with Crippen molar-refractivity contribution in [3.63, 3.8) is 0 Å². The molecule has 13 heteroatoms. The lowest BCUT2D eigenvalue weighted by atomic mass is 9.94. The molecule has 0 spiro atoms. The number of cyclic esters (lactones) is 1. The van der Waals surface area contributed by atoms with Crippen molar-refractivity contribution in [2.24, 2.45) is 5.92 Å². The van der Waals surface area contributed by atoms with Crippen molar-refractivity contribution in [1.29, 1.82) is 0 Å². The Hall–Kier alpha value is -4.42. The molecule has 1 heterocycles. The highest BCUT2D eigenvalue weighted by atomic mass is 16.6. The van der Waals surface area contributed by atoms with Crippen LogP contribution in [0, 0.1) is 12.8 Å². The lowest BCUT2D eigenvalue weighted by Crippen LogP contribution is -2.31. The van der Waals surface area contributed by atoms with Gasteiger partial charge in [0.1, 0.15) is 31.1 Å². The van der Waals surface area contributed by atoms with E-state index in [1.54, 1.807) is 0 Å². The van der Waals surface area contributed by atoms with Crippen LogP contribution >= 0.6 is 0 Å². The van der Waals surface area contributed by atoms with Crippen molar-refractivity contribution in [2.45, 2.75) is 291 Å². The minimum Gasteiger partial charge on any atom is -0.496 e. The van der Waals surface area contributed by atoms with Crippen LogP contribution in [0.15, 0.2) is 11.6 Å². The third-order valence-electron chi connectivity index (χ3n) is 14.9. The largest absolute Gasteiger partial charge is 0.496 e. The van der Waals surface area contributed by atoms with Crippen LogP contribution in [0.1, 0.15) is 292 Å². The number of hydrogen-bond donors (Lipinski definition) is 0. The van der Waals surface area contributed by atoms with E-state index in [1.807, 2.05) is 26.8 Å². The molecule has 13 nitrogen and oxygen atoms in total. The fraction of sp³-hybridized carbons (Fsp3) is 0.781. The first-order valence-corrected chi connectivity index (χ1v) is 30.7.